The Balaban J connectivity index is 1.79. The molecule has 5 heteroatoms. The summed E-state index contributed by atoms with van der Waals surface area (Å²) in [7, 11) is 1.56. The van der Waals surface area contributed by atoms with Crippen LogP contribution in [0.25, 0.3) is 0 Å². The van der Waals surface area contributed by atoms with Gasteiger partial charge in [-0.05, 0) is 25.0 Å². The second-order valence-corrected chi connectivity index (χ2v) is 5.09. The highest BCUT2D eigenvalue weighted by atomic mass is 16.5. The summed E-state index contributed by atoms with van der Waals surface area (Å²) < 4.78 is 10.5. The Labute approximate surface area is 119 Å². The number of hydrogen-bond donors (Lipinski definition) is 2. The molecule has 1 aromatic rings. The van der Waals surface area contributed by atoms with Gasteiger partial charge in [-0.25, -0.2) is 0 Å². The summed E-state index contributed by atoms with van der Waals surface area (Å²) >= 11 is 0. The van der Waals surface area contributed by atoms with Gasteiger partial charge in [0.25, 0.3) is 5.91 Å². The molecule has 1 saturated carbocycles. The lowest BCUT2D eigenvalue weighted by atomic mass is 9.95. The van der Waals surface area contributed by atoms with Crippen LogP contribution < -0.4 is 20.5 Å². The Kier molecular flexibility index (Phi) is 5.09. The van der Waals surface area contributed by atoms with E-state index in [1.54, 1.807) is 25.3 Å². The summed E-state index contributed by atoms with van der Waals surface area (Å²) in [5.41, 5.74) is 6.28. The number of methoxy groups -OCH3 is 1. The van der Waals surface area contributed by atoms with Crippen LogP contribution in [0.1, 0.15) is 32.1 Å². The molecule has 0 radical (unpaired) electrons. The number of nitrogens with two attached hydrogens (primary N) is 1. The molecule has 0 saturated heterocycles. The molecule has 20 heavy (non-hydrogen) atoms. The molecule has 0 aliphatic heterocycles. The molecule has 2 rings (SSSR count). The predicted molar refractivity (Wildman–Crippen MR) is 77.9 cm³/mol. The minimum absolute atomic E-state index is 0.0161. The fourth-order valence-corrected chi connectivity index (χ4v) is 2.47. The van der Waals surface area contributed by atoms with Gasteiger partial charge in [0.15, 0.2) is 6.61 Å². The van der Waals surface area contributed by atoms with Gasteiger partial charge >= 0.3 is 0 Å². The van der Waals surface area contributed by atoms with Crippen LogP contribution in [0.5, 0.6) is 11.5 Å². The standard InChI is InChI=1S/C15H22N2O3/c1-19-14-8-7-12(9-13(14)16)20-10-15(18)17-11-5-3-2-4-6-11/h7-9,11H,2-6,10,16H2,1H3,(H,17,18). The zero-order valence-electron chi connectivity index (χ0n) is 11.9. The highest BCUT2D eigenvalue weighted by Gasteiger charge is 2.15. The maximum atomic E-state index is 11.8. The molecule has 0 bridgehead atoms. The number of carbonyl (C=O) groups is 1. The summed E-state index contributed by atoms with van der Waals surface area (Å²) in [4.78, 5) is 11.8. The first-order chi connectivity index (χ1) is 9.69. The molecular weight excluding hydrogens is 256 g/mol. The van der Waals surface area contributed by atoms with E-state index in [2.05, 4.69) is 5.32 Å². The van der Waals surface area contributed by atoms with E-state index < -0.39 is 0 Å². The zero-order valence-corrected chi connectivity index (χ0v) is 11.9. The summed E-state index contributed by atoms with van der Waals surface area (Å²) in [5, 5.41) is 3.01. The van der Waals surface area contributed by atoms with Crippen LogP contribution in [0, 0.1) is 0 Å². The Morgan fingerprint density at radius 3 is 2.75 bits per heavy atom. The minimum atomic E-state index is -0.0775. The van der Waals surface area contributed by atoms with E-state index >= 15 is 0 Å². The van der Waals surface area contributed by atoms with Crippen LogP contribution in [0.2, 0.25) is 0 Å². The van der Waals surface area contributed by atoms with Crippen molar-refractivity contribution < 1.29 is 14.3 Å². The van der Waals surface area contributed by atoms with E-state index in [-0.39, 0.29) is 12.5 Å². The Morgan fingerprint density at radius 2 is 2.10 bits per heavy atom. The molecule has 0 spiro atoms. The van der Waals surface area contributed by atoms with Crippen molar-refractivity contribution in [3.8, 4) is 11.5 Å². The first-order valence-corrected chi connectivity index (χ1v) is 7.04. The molecule has 3 N–H and O–H groups in total. The van der Waals surface area contributed by atoms with Crippen molar-refractivity contribution in [2.75, 3.05) is 19.5 Å². The Bertz CT molecular complexity index is 456. The summed E-state index contributed by atoms with van der Waals surface area (Å²) in [6.07, 6.45) is 5.80. The van der Waals surface area contributed by atoms with Crippen molar-refractivity contribution in [1.29, 1.82) is 0 Å². The highest BCUT2D eigenvalue weighted by Crippen LogP contribution is 2.25. The lowest BCUT2D eigenvalue weighted by molar-refractivity contribution is -0.124. The highest BCUT2D eigenvalue weighted by molar-refractivity contribution is 5.77. The van der Waals surface area contributed by atoms with E-state index in [9.17, 15) is 4.79 Å². The maximum absolute atomic E-state index is 11.8. The number of nitrogens with one attached hydrogen (secondary N) is 1. The minimum Gasteiger partial charge on any atom is -0.495 e. The lowest BCUT2D eigenvalue weighted by Gasteiger charge is -2.22. The lowest BCUT2D eigenvalue weighted by Crippen LogP contribution is -2.38. The van der Waals surface area contributed by atoms with E-state index in [1.807, 2.05) is 0 Å². The van der Waals surface area contributed by atoms with Gasteiger partial charge in [0.05, 0.1) is 12.8 Å². The molecule has 0 aromatic heterocycles. The molecular formula is C15H22N2O3. The van der Waals surface area contributed by atoms with Gasteiger partial charge in [0, 0.05) is 12.1 Å². The van der Waals surface area contributed by atoms with Gasteiger partial charge in [-0.1, -0.05) is 19.3 Å². The second kappa shape index (κ2) is 7.03. The summed E-state index contributed by atoms with van der Waals surface area (Å²) in [6.45, 7) is 0.0161. The largest absolute Gasteiger partial charge is 0.495 e. The molecule has 110 valence electrons. The number of anilines is 1. The van der Waals surface area contributed by atoms with Crippen LogP contribution in [0.4, 0.5) is 5.69 Å². The quantitative estimate of drug-likeness (QED) is 0.809. The SMILES string of the molecule is COc1ccc(OCC(=O)NC2CCCCC2)cc1N. The fraction of sp³-hybridized carbons (Fsp3) is 0.533. The van der Waals surface area contributed by atoms with E-state index in [0.717, 1.165) is 12.8 Å². The second-order valence-electron chi connectivity index (χ2n) is 5.09. The number of rotatable bonds is 5. The van der Waals surface area contributed by atoms with Gasteiger partial charge in [0.2, 0.25) is 0 Å². The average Bonchev–Trinajstić information content (AvgIpc) is 2.46. The normalized spacial score (nSPS) is 15.7. The van der Waals surface area contributed by atoms with Crippen molar-refractivity contribution in [1.82, 2.24) is 5.32 Å². The topological polar surface area (TPSA) is 73.6 Å². The predicted octanol–water partition coefficient (Wildman–Crippen LogP) is 2.11. The van der Waals surface area contributed by atoms with Crippen molar-refractivity contribution >= 4 is 11.6 Å². The van der Waals surface area contributed by atoms with Crippen LogP contribution >= 0.6 is 0 Å². The van der Waals surface area contributed by atoms with Gasteiger partial charge in [-0.15, -0.1) is 0 Å². The van der Waals surface area contributed by atoms with Gasteiger partial charge in [-0.3, -0.25) is 4.79 Å². The third kappa shape index (κ3) is 4.05. The van der Waals surface area contributed by atoms with Crippen LogP contribution in [-0.4, -0.2) is 25.7 Å². The van der Waals surface area contributed by atoms with E-state index in [4.69, 9.17) is 15.2 Å². The van der Waals surface area contributed by atoms with Crippen molar-refractivity contribution in [3.63, 3.8) is 0 Å². The molecule has 1 aliphatic rings. The van der Waals surface area contributed by atoms with Crippen LogP contribution in [0.15, 0.2) is 18.2 Å². The number of carbonyl (C=O) groups excluding carboxylic acids is 1. The number of hydrogen-bond acceptors (Lipinski definition) is 4. The zero-order chi connectivity index (χ0) is 14.4. The van der Waals surface area contributed by atoms with Gasteiger partial charge in [0.1, 0.15) is 11.5 Å². The smallest absolute Gasteiger partial charge is 0.258 e. The molecule has 0 heterocycles. The summed E-state index contributed by atoms with van der Waals surface area (Å²) in [6, 6.07) is 5.43. The fourth-order valence-electron chi connectivity index (χ4n) is 2.47. The summed E-state index contributed by atoms with van der Waals surface area (Å²) in [5.74, 6) is 1.09. The van der Waals surface area contributed by atoms with Crippen molar-refractivity contribution in [3.05, 3.63) is 18.2 Å². The average molecular weight is 278 g/mol. The Hall–Kier alpha value is -1.91. The monoisotopic (exact) mass is 278 g/mol. The van der Waals surface area contributed by atoms with Crippen molar-refractivity contribution in [2.45, 2.75) is 38.1 Å². The first-order valence-electron chi connectivity index (χ1n) is 7.04. The molecule has 1 aliphatic carbocycles. The molecule has 1 fully saturated rings. The molecule has 1 amide bonds. The van der Waals surface area contributed by atoms with Gasteiger partial charge in [-0.2, -0.15) is 0 Å². The third-order valence-corrected chi connectivity index (χ3v) is 3.54. The Morgan fingerprint density at radius 1 is 1.35 bits per heavy atom. The molecule has 1 aromatic carbocycles. The third-order valence-electron chi connectivity index (χ3n) is 3.54. The molecule has 0 unspecified atom stereocenters. The number of nitrogen functional groups attached to an aromatic ring is 1. The van der Waals surface area contributed by atoms with E-state index in [1.165, 1.54) is 19.3 Å². The molecule has 5 nitrogen and oxygen atoms in total. The van der Waals surface area contributed by atoms with Crippen LogP contribution in [-0.2, 0) is 4.79 Å². The van der Waals surface area contributed by atoms with E-state index in [0.29, 0.717) is 23.2 Å². The number of amides is 1. The number of benzene rings is 1. The van der Waals surface area contributed by atoms with Crippen molar-refractivity contribution in [2.24, 2.45) is 0 Å². The number of ether oxygens (including phenoxy) is 2. The molecule has 0 atom stereocenters. The van der Waals surface area contributed by atoms with Crippen LogP contribution in [0.3, 0.4) is 0 Å². The maximum Gasteiger partial charge on any atom is 0.258 e. The first kappa shape index (κ1) is 14.5. The van der Waals surface area contributed by atoms with Gasteiger partial charge < -0.3 is 20.5 Å².